The number of thiophene rings is 1. The molecular formula is C25H26N4O2S. The van der Waals surface area contributed by atoms with Gasteiger partial charge in [0.15, 0.2) is 0 Å². The quantitative estimate of drug-likeness (QED) is 0.467. The molecule has 4 aromatic rings. The maximum Gasteiger partial charge on any atom is 0.270 e. The number of nitrogens with zero attached hydrogens (tertiary/aromatic N) is 3. The highest BCUT2D eigenvalue weighted by Crippen LogP contribution is 2.29. The topological polar surface area (TPSA) is 69.0 Å². The third-order valence-corrected chi connectivity index (χ3v) is 7.04. The third kappa shape index (κ3) is 4.45. The van der Waals surface area contributed by atoms with Crippen molar-refractivity contribution >= 4 is 27.5 Å². The smallest absolute Gasteiger partial charge is 0.270 e. The molecule has 1 aliphatic rings. The predicted octanol–water partition coefficient (Wildman–Crippen LogP) is 4.68. The van der Waals surface area contributed by atoms with E-state index >= 15 is 0 Å². The fraction of sp³-hybridized carbons (Fsp3) is 0.320. The molecule has 1 aliphatic heterocycles. The largest absolute Gasteiger partial charge is 0.376 e. The van der Waals surface area contributed by atoms with E-state index in [0.29, 0.717) is 12.2 Å². The zero-order valence-electron chi connectivity index (χ0n) is 18.1. The van der Waals surface area contributed by atoms with E-state index in [2.05, 4.69) is 40.1 Å². The van der Waals surface area contributed by atoms with Crippen molar-refractivity contribution in [3.63, 3.8) is 0 Å². The van der Waals surface area contributed by atoms with E-state index in [1.54, 1.807) is 17.5 Å². The predicted molar refractivity (Wildman–Crippen MR) is 127 cm³/mol. The molecule has 3 aromatic heterocycles. The molecule has 1 unspecified atom stereocenters. The van der Waals surface area contributed by atoms with Gasteiger partial charge in [0.1, 0.15) is 5.69 Å². The van der Waals surface area contributed by atoms with E-state index < -0.39 is 0 Å². The Hall–Kier alpha value is -3.03. The van der Waals surface area contributed by atoms with Crippen molar-refractivity contribution in [2.24, 2.45) is 0 Å². The first kappa shape index (κ1) is 20.8. The van der Waals surface area contributed by atoms with Crippen LogP contribution in [0, 0.1) is 6.92 Å². The number of aryl methyl sites for hydroxylation is 1. The van der Waals surface area contributed by atoms with Gasteiger partial charge in [0, 0.05) is 25.5 Å². The van der Waals surface area contributed by atoms with Gasteiger partial charge in [-0.25, -0.2) is 9.67 Å². The Balaban J connectivity index is 1.38. The van der Waals surface area contributed by atoms with E-state index in [1.807, 2.05) is 29.9 Å². The lowest BCUT2D eigenvalue weighted by atomic mass is 10.0. The molecular weight excluding hydrogens is 420 g/mol. The van der Waals surface area contributed by atoms with Crippen LogP contribution in [-0.2, 0) is 11.2 Å². The molecule has 1 atom stereocenters. The Morgan fingerprint density at radius 1 is 1.28 bits per heavy atom. The Morgan fingerprint density at radius 3 is 2.91 bits per heavy atom. The number of hydrogen-bond donors (Lipinski definition) is 1. The highest BCUT2D eigenvalue weighted by atomic mass is 32.1. The molecule has 0 bridgehead atoms. The minimum absolute atomic E-state index is 0.104. The van der Waals surface area contributed by atoms with E-state index in [1.165, 1.54) is 5.56 Å². The van der Waals surface area contributed by atoms with Crippen molar-refractivity contribution in [2.45, 2.75) is 38.7 Å². The second kappa shape index (κ2) is 9.22. The first-order valence-electron chi connectivity index (χ1n) is 11.0. The first-order chi connectivity index (χ1) is 15.7. The van der Waals surface area contributed by atoms with Crippen LogP contribution in [0.2, 0.25) is 0 Å². The Morgan fingerprint density at radius 2 is 2.16 bits per heavy atom. The lowest BCUT2D eigenvalue weighted by Crippen LogP contribution is -2.35. The molecule has 5 rings (SSSR count). The number of carbonyl (C=O) groups is 1. The Kier molecular flexibility index (Phi) is 6.01. The number of nitrogens with one attached hydrogen (secondary N) is 1. The summed E-state index contributed by atoms with van der Waals surface area (Å²) in [6.45, 7) is 3.36. The van der Waals surface area contributed by atoms with E-state index in [0.717, 1.165) is 59.3 Å². The Labute approximate surface area is 191 Å². The number of ether oxygens (including phenoxy) is 1. The summed E-state index contributed by atoms with van der Waals surface area (Å²) in [5.41, 5.74) is 5.82. The minimum Gasteiger partial charge on any atom is -0.376 e. The minimum atomic E-state index is -0.137. The molecule has 0 spiro atoms. The average molecular weight is 447 g/mol. The van der Waals surface area contributed by atoms with Gasteiger partial charge in [-0.05, 0) is 78.9 Å². The van der Waals surface area contributed by atoms with Crippen LogP contribution in [0.1, 0.15) is 46.4 Å². The number of fused-ring (bicyclic) bond motifs is 1. The second-order valence-corrected chi connectivity index (χ2v) is 9.14. The summed E-state index contributed by atoms with van der Waals surface area (Å²) in [4.78, 5) is 17.6. The molecule has 1 fully saturated rings. The zero-order chi connectivity index (χ0) is 21.9. The van der Waals surface area contributed by atoms with Crippen LogP contribution in [0.15, 0.2) is 54.2 Å². The molecule has 4 heterocycles. The van der Waals surface area contributed by atoms with Gasteiger partial charge in [0.05, 0.1) is 22.0 Å². The van der Waals surface area contributed by atoms with Gasteiger partial charge in [0.25, 0.3) is 5.91 Å². The lowest BCUT2D eigenvalue weighted by Gasteiger charge is -2.22. The molecule has 164 valence electrons. The number of benzene rings is 1. The van der Waals surface area contributed by atoms with Crippen molar-refractivity contribution < 1.29 is 9.53 Å². The summed E-state index contributed by atoms with van der Waals surface area (Å²) < 4.78 is 8.73. The van der Waals surface area contributed by atoms with Crippen molar-refractivity contribution in [1.82, 2.24) is 20.1 Å². The van der Waals surface area contributed by atoms with E-state index in [9.17, 15) is 4.79 Å². The third-order valence-electron chi connectivity index (χ3n) is 5.87. The van der Waals surface area contributed by atoms with Crippen molar-refractivity contribution in [3.8, 4) is 5.69 Å². The van der Waals surface area contributed by atoms with Crippen molar-refractivity contribution in [1.29, 1.82) is 0 Å². The molecule has 32 heavy (non-hydrogen) atoms. The molecule has 7 heteroatoms. The van der Waals surface area contributed by atoms with Gasteiger partial charge < -0.3 is 10.1 Å². The van der Waals surface area contributed by atoms with Gasteiger partial charge >= 0.3 is 0 Å². The van der Waals surface area contributed by atoms with Crippen molar-refractivity contribution in [3.05, 3.63) is 76.6 Å². The van der Waals surface area contributed by atoms with Gasteiger partial charge in [0.2, 0.25) is 0 Å². The number of amides is 1. The molecule has 1 saturated heterocycles. The fourth-order valence-electron chi connectivity index (χ4n) is 4.11. The highest BCUT2D eigenvalue weighted by molar-refractivity contribution is 7.17. The first-order valence-corrected chi connectivity index (χ1v) is 11.9. The van der Waals surface area contributed by atoms with E-state index in [4.69, 9.17) is 9.72 Å². The SMILES string of the molecule is Cc1csc2c(Cc3ccc(-n4cccn4)cc3)cc(C(=O)NCC3CCCCO3)nc12. The normalized spacial score (nSPS) is 16.3. The highest BCUT2D eigenvalue weighted by Gasteiger charge is 2.18. The monoisotopic (exact) mass is 446 g/mol. The number of pyridine rings is 1. The summed E-state index contributed by atoms with van der Waals surface area (Å²) in [5, 5.41) is 9.42. The van der Waals surface area contributed by atoms with Crippen LogP contribution in [0.4, 0.5) is 0 Å². The molecule has 0 radical (unpaired) electrons. The zero-order valence-corrected chi connectivity index (χ0v) is 18.9. The summed E-state index contributed by atoms with van der Waals surface area (Å²) in [6, 6.07) is 12.2. The standard InChI is InChI=1S/C25H26N4O2S/c1-17-16-32-24-19(13-18-6-8-20(9-7-18)29-11-4-10-27-29)14-22(28-23(17)24)25(30)26-15-21-5-2-3-12-31-21/h4,6-11,14,16,21H,2-3,5,12-13,15H2,1H3,(H,26,30). The van der Waals surface area contributed by atoms with Crippen LogP contribution in [0.25, 0.3) is 15.9 Å². The van der Waals surface area contributed by atoms with Gasteiger partial charge in [-0.2, -0.15) is 5.10 Å². The van der Waals surface area contributed by atoms with Crippen LogP contribution in [0.5, 0.6) is 0 Å². The molecule has 1 N–H and O–H groups in total. The Bertz CT molecular complexity index is 1210. The molecule has 0 saturated carbocycles. The molecule has 1 aromatic carbocycles. The number of hydrogen-bond acceptors (Lipinski definition) is 5. The lowest BCUT2D eigenvalue weighted by molar-refractivity contribution is 0.0168. The summed E-state index contributed by atoms with van der Waals surface area (Å²) in [6.07, 6.45) is 7.80. The second-order valence-electron chi connectivity index (χ2n) is 8.26. The number of rotatable bonds is 6. The van der Waals surface area contributed by atoms with Crippen LogP contribution in [0.3, 0.4) is 0 Å². The maximum atomic E-state index is 12.9. The van der Waals surface area contributed by atoms with Crippen LogP contribution >= 0.6 is 11.3 Å². The molecule has 6 nitrogen and oxygen atoms in total. The summed E-state index contributed by atoms with van der Waals surface area (Å²) in [5.74, 6) is -0.137. The van der Waals surface area contributed by atoms with Gasteiger partial charge in [-0.3, -0.25) is 4.79 Å². The summed E-state index contributed by atoms with van der Waals surface area (Å²) in [7, 11) is 0. The average Bonchev–Trinajstić information content (AvgIpc) is 3.49. The van der Waals surface area contributed by atoms with Crippen LogP contribution in [-0.4, -0.2) is 39.9 Å². The number of aromatic nitrogens is 3. The maximum absolute atomic E-state index is 12.9. The van der Waals surface area contributed by atoms with Crippen molar-refractivity contribution in [2.75, 3.05) is 13.2 Å². The van der Waals surface area contributed by atoms with Gasteiger partial charge in [-0.1, -0.05) is 12.1 Å². The molecule has 1 amide bonds. The molecule has 0 aliphatic carbocycles. The van der Waals surface area contributed by atoms with Gasteiger partial charge in [-0.15, -0.1) is 11.3 Å². The number of carbonyl (C=O) groups excluding carboxylic acids is 1. The summed E-state index contributed by atoms with van der Waals surface area (Å²) >= 11 is 1.69. The fourth-order valence-corrected chi connectivity index (χ4v) is 5.12. The van der Waals surface area contributed by atoms with E-state index in [-0.39, 0.29) is 12.0 Å². The van der Waals surface area contributed by atoms with Crippen LogP contribution < -0.4 is 5.32 Å².